The molecular formula is C14H23N5O. The van der Waals surface area contributed by atoms with Crippen LogP contribution in [-0.2, 0) is 4.79 Å². The largest absolute Gasteiger partial charge is 0.361 e. The Bertz CT molecular complexity index is 457. The van der Waals surface area contributed by atoms with Crippen LogP contribution in [0.25, 0.3) is 0 Å². The second-order valence-electron chi connectivity index (χ2n) is 5.09. The standard InChI is InChI=1S/C14H23N5O/c1-3-6-15-14-17-9-11(2)13(18-14)16-10-12(20)19-7-4-5-8-19/h9H,3-8,10H2,1-2H3,(H2,15,16,17,18). The minimum Gasteiger partial charge on any atom is -0.361 e. The van der Waals surface area contributed by atoms with Gasteiger partial charge < -0.3 is 15.5 Å². The average Bonchev–Trinajstić information content (AvgIpc) is 2.99. The van der Waals surface area contributed by atoms with Crippen LogP contribution in [0.1, 0.15) is 31.7 Å². The first-order valence-corrected chi connectivity index (χ1v) is 7.30. The zero-order chi connectivity index (χ0) is 14.4. The third-order valence-electron chi connectivity index (χ3n) is 3.37. The van der Waals surface area contributed by atoms with Gasteiger partial charge in [-0.05, 0) is 26.2 Å². The lowest BCUT2D eigenvalue weighted by molar-refractivity contribution is -0.128. The van der Waals surface area contributed by atoms with Gasteiger partial charge in [-0.15, -0.1) is 0 Å². The quantitative estimate of drug-likeness (QED) is 0.827. The number of nitrogens with zero attached hydrogens (tertiary/aromatic N) is 3. The lowest BCUT2D eigenvalue weighted by atomic mass is 10.3. The Labute approximate surface area is 120 Å². The Kier molecular flexibility index (Phi) is 5.15. The number of rotatable bonds is 6. The van der Waals surface area contributed by atoms with Crippen LogP contribution in [0.4, 0.5) is 11.8 Å². The van der Waals surface area contributed by atoms with Gasteiger partial charge in [-0.1, -0.05) is 6.92 Å². The van der Waals surface area contributed by atoms with E-state index in [0.717, 1.165) is 50.3 Å². The Morgan fingerprint density at radius 3 is 2.80 bits per heavy atom. The molecular weight excluding hydrogens is 254 g/mol. The van der Waals surface area contributed by atoms with Gasteiger partial charge >= 0.3 is 0 Å². The van der Waals surface area contributed by atoms with Gasteiger partial charge in [0.05, 0.1) is 6.54 Å². The molecule has 2 N–H and O–H groups in total. The van der Waals surface area contributed by atoms with Gasteiger partial charge in [0.15, 0.2) is 0 Å². The van der Waals surface area contributed by atoms with Crippen molar-refractivity contribution >= 4 is 17.7 Å². The minimum atomic E-state index is 0.142. The van der Waals surface area contributed by atoms with E-state index in [-0.39, 0.29) is 5.91 Å². The van der Waals surface area contributed by atoms with Crippen LogP contribution in [-0.4, -0.2) is 47.0 Å². The molecule has 0 unspecified atom stereocenters. The Morgan fingerprint density at radius 2 is 2.10 bits per heavy atom. The van der Waals surface area contributed by atoms with Crippen molar-refractivity contribution in [3.05, 3.63) is 11.8 Å². The summed E-state index contributed by atoms with van der Waals surface area (Å²) in [5.74, 6) is 1.48. The normalized spacial score (nSPS) is 14.4. The van der Waals surface area contributed by atoms with Crippen LogP contribution >= 0.6 is 0 Å². The minimum absolute atomic E-state index is 0.142. The molecule has 0 saturated carbocycles. The van der Waals surface area contributed by atoms with Crippen LogP contribution in [0.3, 0.4) is 0 Å². The number of carbonyl (C=O) groups is 1. The first-order valence-electron chi connectivity index (χ1n) is 7.30. The van der Waals surface area contributed by atoms with Gasteiger partial charge in [-0.3, -0.25) is 4.79 Å². The molecule has 2 heterocycles. The molecule has 1 amide bonds. The Balaban J connectivity index is 1.92. The molecule has 6 nitrogen and oxygen atoms in total. The molecule has 1 aromatic rings. The van der Waals surface area contributed by atoms with E-state index in [1.165, 1.54) is 0 Å². The molecule has 0 aromatic carbocycles. The van der Waals surface area contributed by atoms with E-state index in [4.69, 9.17) is 0 Å². The molecule has 6 heteroatoms. The van der Waals surface area contributed by atoms with Gasteiger partial charge in [-0.25, -0.2) is 4.98 Å². The van der Waals surface area contributed by atoms with Crippen LogP contribution in [0.5, 0.6) is 0 Å². The van der Waals surface area contributed by atoms with E-state index in [0.29, 0.717) is 12.5 Å². The highest BCUT2D eigenvalue weighted by atomic mass is 16.2. The lowest BCUT2D eigenvalue weighted by Crippen LogP contribution is -2.33. The number of nitrogens with one attached hydrogen (secondary N) is 2. The van der Waals surface area contributed by atoms with Gasteiger partial charge in [0.1, 0.15) is 5.82 Å². The molecule has 110 valence electrons. The summed E-state index contributed by atoms with van der Waals surface area (Å²) in [7, 11) is 0. The third-order valence-corrected chi connectivity index (χ3v) is 3.37. The molecule has 1 aliphatic rings. The fourth-order valence-electron chi connectivity index (χ4n) is 2.18. The number of aromatic nitrogens is 2. The first-order chi connectivity index (χ1) is 9.70. The van der Waals surface area contributed by atoms with Crippen molar-refractivity contribution in [3.63, 3.8) is 0 Å². The van der Waals surface area contributed by atoms with Gasteiger partial charge in [-0.2, -0.15) is 4.98 Å². The monoisotopic (exact) mass is 277 g/mol. The maximum Gasteiger partial charge on any atom is 0.241 e. The SMILES string of the molecule is CCCNc1ncc(C)c(NCC(=O)N2CCCC2)n1. The van der Waals surface area contributed by atoms with Crippen molar-refractivity contribution < 1.29 is 4.79 Å². The zero-order valence-corrected chi connectivity index (χ0v) is 12.3. The lowest BCUT2D eigenvalue weighted by Gasteiger charge is -2.16. The summed E-state index contributed by atoms with van der Waals surface area (Å²) in [6.07, 6.45) is 5.02. The van der Waals surface area contributed by atoms with E-state index in [1.54, 1.807) is 6.20 Å². The second kappa shape index (κ2) is 7.07. The highest BCUT2D eigenvalue weighted by Crippen LogP contribution is 2.13. The predicted molar refractivity (Wildman–Crippen MR) is 79.9 cm³/mol. The Hall–Kier alpha value is -1.85. The molecule has 0 spiro atoms. The fourth-order valence-corrected chi connectivity index (χ4v) is 2.18. The van der Waals surface area contributed by atoms with Gasteiger partial charge in [0, 0.05) is 31.4 Å². The number of carbonyl (C=O) groups excluding carboxylic acids is 1. The van der Waals surface area contributed by atoms with E-state index in [1.807, 2.05) is 11.8 Å². The molecule has 0 radical (unpaired) electrons. The van der Waals surface area contributed by atoms with Crippen molar-refractivity contribution in [3.8, 4) is 0 Å². The van der Waals surface area contributed by atoms with Crippen LogP contribution < -0.4 is 10.6 Å². The molecule has 1 aromatic heterocycles. The Morgan fingerprint density at radius 1 is 1.35 bits per heavy atom. The molecule has 1 aliphatic heterocycles. The van der Waals surface area contributed by atoms with Crippen molar-refractivity contribution in [2.45, 2.75) is 33.1 Å². The van der Waals surface area contributed by atoms with Gasteiger partial charge in [0.25, 0.3) is 0 Å². The number of amides is 1. The molecule has 0 atom stereocenters. The summed E-state index contributed by atoms with van der Waals surface area (Å²) in [5, 5.41) is 6.27. The molecule has 0 aliphatic carbocycles. The number of anilines is 2. The van der Waals surface area contributed by atoms with Gasteiger partial charge in [0.2, 0.25) is 11.9 Å². The van der Waals surface area contributed by atoms with E-state index < -0.39 is 0 Å². The summed E-state index contributed by atoms with van der Waals surface area (Å²) in [5.41, 5.74) is 0.946. The second-order valence-corrected chi connectivity index (χ2v) is 5.09. The topological polar surface area (TPSA) is 70.2 Å². The predicted octanol–water partition coefficient (Wildman–Crippen LogP) is 1.64. The van der Waals surface area contributed by atoms with Crippen molar-refractivity contribution in [2.24, 2.45) is 0 Å². The van der Waals surface area contributed by atoms with Crippen LogP contribution in [0.15, 0.2) is 6.20 Å². The van der Waals surface area contributed by atoms with E-state index in [2.05, 4.69) is 27.5 Å². The summed E-state index contributed by atoms with van der Waals surface area (Å²) in [6, 6.07) is 0. The molecule has 1 fully saturated rings. The van der Waals surface area contributed by atoms with E-state index in [9.17, 15) is 4.79 Å². The molecule has 1 saturated heterocycles. The van der Waals surface area contributed by atoms with Crippen LogP contribution in [0.2, 0.25) is 0 Å². The van der Waals surface area contributed by atoms with Crippen molar-refractivity contribution in [1.82, 2.24) is 14.9 Å². The van der Waals surface area contributed by atoms with Crippen LogP contribution in [0, 0.1) is 6.92 Å². The highest BCUT2D eigenvalue weighted by Gasteiger charge is 2.17. The number of aryl methyl sites for hydroxylation is 1. The van der Waals surface area contributed by atoms with Crippen molar-refractivity contribution in [1.29, 1.82) is 0 Å². The van der Waals surface area contributed by atoms with E-state index >= 15 is 0 Å². The fraction of sp³-hybridized carbons (Fsp3) is 0.643. The summed E-state index contributed by atoms with van der Waals surface area (Å²) < 4.78 is 0. The maximum atomic E-state index is 12.0. The highest BCUT2D eigenvalue weighted by molar-refractivity contribution is 5.81. The summed E-state index contributed by atoms with van der Waals surface area (Å²) in [6.45, 7) is 6.93. The number of likely N-dealkylation sites (tertiary alicyclic amines) is 1. The summed E-state index contributed by atoms with van der Waals surface area (Å²) >= 11 is 0. The zero-order valence-electron chi connectivity index (χ0n) is 12.3. The molecule has 2 rings (SSSR count). The maximum absolute atomic E-state index is 12.0. The third kappa shape index (κ3) is 3.82. The van der Waals surface area contributed by atoms with Crippen molar-refractivity contribution in [2.75, 3.05) is 36.8 Å². The number of hydrogen-bond donors (Lipinski definition) is 2. The smallest absolute Gasteiger partial charge is 0.241 e. The number of hydrogen-bond acceptors (Lipinski definition) is 5. The summed E-state index contributed by atoms with van der Waals surface area (Å²) in [4.78, 5) is 22.5. The average molecular weight is 277 g/mol. The molecule has 0 bridgehead atoms. The molecule has 20 heavy (non-hydrogen) atoms. The first kappa shape index (κ1) is 14.6.